The van der Waals surface area contributed by atoms with Gasteiger partial charge in [0, 0.05) is 36.2 Å². The van der Waals surface area contributed by atoms with Crippen LogP contribution in [0.5, 0.6) is 5.75 Å². The Morgan fingerprint density at radius 1 is 1.00 bits per heavy atom. The molecule has 0 radical (unpaired) electrons. The van der Waals surface area contributed by atoms with Crippen LogP contribution in [0.1, 0.15) is 53.7 Å². The second kappa shape index (κ2) is 9.79. The molecule has 1 N–H and O–H groups in total. The van der Waals surface area contributed by atoms with Gasteiger partial charge in [-0.2, -0.15) is 0 Å². The van der Waals surface area contributed by atoms with Gasteiger partial charge in [0.2, 0.25) is 11.8 Å². The van der Waals surface area contributed by atoms with Crippen molar-refractivity contribution in [3.8, 4) is 5.75 Å². The van der Waals surface area contributed by atoms with Crippen molar-refractivity contribution in [2.24, 2.45) is 0 Å². The van der Waals surface area contributed by atoms with E-state index in [0.717, 1.165) is 30.9 Å². The predicted octanol–water partition coefficient (Wildman–Crippen LogP) is 2.64. The van der Waals surface area contributed by atoms with Gasteiger partial charge in [0.1, 0.15) is 18.4 Å². The maximum Gasteiger partial charge on any atom is 0.255 e. The molecule has 3 atom stereocenters. The van der Waals surface area contributed by atoms with Gasteiger partial charge in [0.05, 0.1) is 19.8 Å². The first-order valence-corrected chi connectivity index (χ1v) is 12.2. The number of morpholine rings is 1. The number of piperidine rings is 1. The van der Waals surface area contributed by atoms with Gasteiger partial charge in [-0.05, 0) is 43.5 Å². The second-order valence-electron chi connectivity index (χ2n) is 9.70. The van der Waals surface area contributed by atoms with Gasteiger partial charge in [-0.15, -0.1) is 0 Å². The Balaban J connectivity index is 1.23. The zero-order chi connectivity index (χ0) is 24.5. The van der Waals surface area contributed by atoms with Gasteiger partial charge >= 0.3 is 0 Å². The minimum Gasteiger partial charge on any atom is -0.489 e. The van der Waals surface area contributed by atoms with Gasteiger partial charge in [0.25, 0.3) is 5.91 Å². The van der Waals surface area contributed by atoms with Crippen LogP contribution in [-0.4, -0.2) is 58.9 Å². The molecule has 2 aromatic carbocycles. The van der Waals surface area contributed by atoms with Crippen molar-refractivity contribution in [2.45, 2.75) is 64.5 Å². The molecule has 184 valence electrons. The highest BCUT2D eigenvalue weighted by atomic mass is 16.5. The third-order valence-corrected chi connectivity index (χ3v) is 7.17. The number of carbonyl (C=O) groups excluding carboxylic acids is 3. The van der Waals surface area contributed by atoms with Crippen molar-refractivity contribution in [2.75, 3.05) is 13.2 Å². The summed E-state index contributed by atoms with van der Waals surface area (Å²) < 4.78 is 11.8. The minimum absolute atomic E-state index is 0.198. The fourth-order valence-corrected chi connectivity index (χ4v) is 5.15. The smallest absolute Gasteiger partial charge is 0.255 e. The lowest BCUT2D eigenvalue weighted by atomic mass is 10.0. The molecule has 1 unspecified atom stereocenters. The third kappa shape index (κ3) is 4.81. The first-order chi connectivity index (χ1) is 16.9. The number of carbonyl (C=O) groups is 3. The van der Waals surface area contributed by atoms with Crippen molar-refractivity contribution in [1.82, 2.24) is 15.1 Å². The number of benzene rings is 2. The Morgan fingerprint density at radius 2 is 1.71 bits per heavy atom. The monoisotopic (exact) mass is 477 g/mol. The van der Waals surface area contributed by atoms with Gasteiger partial charge < -0.3 is 14.4 Å². The van der Waals surface area contributed by atoms with E-state index >= 15 is 0 Å². The first kappa shape index (κ1) is 23.5. The topological polar surface area (TPSA) is 88.2 Å². The SMILES string of the molecule is C[C@@H]1COC[C@H](C)N1Cc1ccc(COc2cccc3c2CN(C2CCC(=O)NC2=O)C3=O)cc1. The molecule has 0 bridgehead atoms. The molecule has 2 saturated heterocycles. The molecule has 3 amide bonds. The van der Waals surface area contributed by atoms with Crippen LogP contribution in [-0.2, 0) is 34.0 Å². The van der Waals surface area contributed by atoms with Gasteiger partial charge in [-0.25, -0.2) is 0 Å². The molecule has 0 spiro atoms. The van der Waals surface area contributed by atoms with E-state index in [0.29, 0.717) is 43.0 Å². The number of imide groups is 1. The van der Waals surface area contributed by atoms with Crippen molar-refractivity contribution in [1.29, 1.82) is 0 Å². The van der Waals surface area contributed by atoms with E-state index in [2.05, 4.69) is 48.3 Å². The number of hydrogen-bond donors (Lipinski definition) is 1. The van der Waals surface area contributed by atoms with Crippen molar-refractivity contribution < 1.29 is 23.9 Å². The number of ether oxygens (including phenoxy) is 2. The average Bonchev–Trinajstić information content (AvgIpc) is 3.18. The molecular weight excluding hydrogens is 446 g/mol. The fourth-order valence-electron chi connectivity index (χ4n) is 5.15. The van der Waals surface area contributed by atoms with E-state index in [9.17, 15) is 14.4 Å². The molecule has 2 aromatic rings. The van der Waals surface area contributed by atoms with Crippen LogP contribution < -0.4 is 10.1 Å². The lowest BCUT2D eigenvalue weighted by molar-refractivity contribution is -0.136. The maximum atomic E-state index is 13.0. The summed E-state index contributed by atoms with van der Waals surface area (Å²) in [6, 6.07) is 14.0. The molecule has 0 saturated carbocycles. The molecule has 5 rings (SSSR count). The standard InChI is InChI=1S/C27H31N3O5/c1-17-14-34-15-18(2)29(17)12-19-6-8-20(9-7-19)16-35-24-5-3-4-21-22(24)13-30(27(21)33)23-10-11-25(31)28-26(23)32/h3-9,17-18,23H,10-16H2,1-2H3,(H,28,31,32)/t17-,18+,23?. The number of rotatable bonds is 6. The molecular formula is C27H31N3O5. The maximum absolute atomic E-state index is 13.0. The Bertz CT molecular complexity index is 1120. The van der Waals surface area contributed by atoms with Crippen LogP contribution in [0, 0.1) is 0 Å². The quantitative estimate of drug-likeness (QED) is 0.644. The summed E-state index contributed by atoms with van der Waals surface area (Å²) in [5.41, 5.74) is 3.63. The van der Waals surface area contributed by atoms with E-state index in [1.165, 1.54) is 5.56 Å². The van der Waals surface area contributed by atoms with E-state index in [4.69, 9.17) is 9.47 Å². The summed E-state index contributed by atoms with van der Waals surface area (Å²) in [5, 5.41) is 2.34. The van der Waals surface area contributed by atoms with Gasteiger partial charge in [-0.1, -0.05) is 30.3 Å². The molecule has 0 aromatic heterocycles. The van der Waals surface area contributed by atoms with Crippen LogP contribution in [0.15, 0.2) is 42.5 Å². The van der Waals surface area contributed by atoms with E-state index < -0.39 is 11.9 Å². The van der Waals surface area contributed by atoms with Crippen LogP contribution in [0.3, 0.4) is 0 Å². The number of nitrogens with one attached hydrogen (secondary N) is 1. The van der Waals surface area contributed by atoms with E-state index in [1.807, 2.05) is 6.07 Å². The summed E-state index contributed by atoms with van der Waals surface area (Å²) >= 11 is 0. The second-order valence-corrected chi connectivity index (χ2v) is 9.70. The number of fused-ring (bicyclic) bond motifs is 1. The van der Waals surface area contributed by atoms with E-state index in [1.54, 1.807) is 17.0 Å². The lowest BCUT2D eigenvalue weighted by Gasteiger charge is -2.38. The summed E-state index contributed by atoms with van der Waals surface area (Å²) in [7, 11) is 0. The Labute approximate surface area is 205 Å². The number of amides is 3. The fraction of sp³-hybridized carbons (Fsp3) is 0.444. The zero-order valence-corrected chi connectivity index (χ0v) is 20.2. The molecule has 8 nitrogen and oxygen atoms in total. The van der Waals surface area contributed by atoms with Gasteiger partial charge in [-0.3, -0.25) is 24.6 Å². The van der Waals surface area contributed by atoms with Crippen molar-refractivity contribution in [3.05, 3.63) is 64.7 Å². The summed E-state index contributed by atoms with van der Waals surface area (Å²) in [5.74, 6) is -0.258. The minimum atomic E-state index is -0.634. The average molecular weight is 478 g/mol. The Kier molecular flexibility index (Phi) is 6.58. The lowest BCUT2D eigenvalue weighted by Crippen LogP contribution is -2.52. The normalized spacial score (nSPS) is 24.9. The van der Waals surface area contributed by atoms with Gasteiger partial charge in [0.15, 0.2) is 0 Å². The summed E-state index contributed by atoms with van der Waals surface area (Å²) in [6.45, 7) is 7.49. The number of nitrogens with zero attached hydrogens (tertiary/aromatic N) is 2. The van der Waals surface area contributed by atoms with Crippen LogP contribution >= 0.6 is 0 Å². The Hall–Kier alpha value is -3.23. The highest BCUT2D eigenvalue weighted by Gasteiger charge is 2.40. The molecule has 3 heterocycles. The van der Waals surface area contributed by atoms with Crippen LogP contribution in [0.2, 0.25) is 0 Å². The molecule has 3 aliphatic rings. The molecule has 35 heavy (non-hydrogen) atoms. The highest BCUT2D eigenvalue weighted by molar-refractivity contribution is 6.05. The highest BCUT2D eigenvalue weighted by Crippen LogP contribution is 2.34. The molecule has 3 aliphatic heterocycles. The van der Waals surface area contributed by atoms with Crippen molar-refractivity contribution >= 4 is 17.7 Å². The summed E-state index contributed by atoms with van der Waals surface area (Å²) in [6.07, 6.45) is 0.578. The predicted molar refractivity (Wildman–Crippen MR) is 129 cm³/mol. The van der Waals surface area contributed by atoms with Crippen LogP contribution in [0.25, 0.3) is 0 Å². The van der Waals surface area contributed by atoms with Crippen LogP contribution in [0.4, 0.5) is 0 Å². The molecule has 0 aliphatic carbocycles. The largest absolute Gasteiger partial charge is 0.489 e. The summed E-state index contributed by atoms with van der Waals surface area (Å²) in [4.78, 5) is 40.8. The van der Waals surface area contributed by atoms with Crippen molar-refractivity contribution in [3.63, 3.8) is 0 Å². The zero-order valence-electron chi connectivity index (χ0n) is 20.2. The third-order valence-electron chi connectivity index (χ3n) is 7.17. The molecule has 2 fully saturated rings. The van der Waals surface area contributed by atoms with E-state index in [-0.39, 0.29) is 18.2 Å². The Morgan fingerprint density at radius 3 is 2.43 bits per heavy atom. The first-order valence-electron chi connectivity index (χ1n) is 12.2. The number of hydrogen-bond acceptors (Lipinski definition) is 6. The molecule has 8 heteroatoms.